The molecule has 0 saturated carbocycles. The maximum Gasteiger partial charge on any atom is 0.410 e. The first kappa shape index (κ1) is 18.0. The second-order valence-corrected chi connectivity index (χ2v) is 6.61. The molecular weight excluding hydrogens is 330 g/mol. The van der Waals surface area contributed by atoms with Crippen LogP contribution in [0.4, 0.5) is 4.79 Å². The first-order chi connectivity index (χ1) is 12.6. The molecule has 0 radical (unpaired) electrons. The summed E-state index contributed by atoms with van der Waals surface area (Å²) in [4.78, 5) is 24.7. The van der Waals surface area contributed by atoms with E-state index < -0.39 is 5.97 Å². The lowest BCUT2D eigenvalue weighted by Gasteiger charge is -2.31. The van der Waals surface area contributed by atoms with Gasteiger partial charge < -0.3 is 14.7 Å². The van der Waals surface area contributed by atoms with Gasteiger partial charge >= 0.3 is 12.1 Å². The lowest BCUT2D eigenvalue weighted by atomic mass is 9.89. The van der Waals surface area contributed by atoms with Crippen LogP contribution >= 0.6 is 0 Å². The number of ether oxygens (including phenoxy) is 1. The number of carbonyl (C=O) groups is 2. The number of benzene rings is 2. The predicted octanol–water partition coefficient (Wildman–Crippen LogP) is 3.83. The Hall–Kier alpha value is -2.82. The second kappa shape index (κ2) is 8.52. The Kier molecular flexibility index (Phi) is 5.89. The lowest BCUT2D eigenvalue weighted by Crippen LogP contribution is -2.38. The molecule has 136 valence electrons. The Bertz CT molecular complexity index is 734. The van der Waals surface area contributed by atoms with Gasteiger partial charge in [-0.15, -0.1) is 0 Å². The number of likely N-dealkylation sites (tertiary alicyclic amines) is 1. The summed E-state index contributed by atoms with van der Waals surface area (Å²) < 4.78 is 5.39. The van der Waals surface area contributed by atoms with Crippen LogP contribution < -0.4 is 0 Å². The quantitative estimate of drug-likeness (QED) is 0.887. The van der Waals surface area contributed by atoms with Crippen molar-refractivity contribution in [1.29, 1.82) is 0 Å². The van der Waals surface area contributed by atoms with E-state index in [1.807, 2.05) is 54.6 Å². The second-order valence-electron chi connectivity index (χ2n) is 6.61. The minimum absolute atomic E-state index is 0.0476. The molecule has 2 aromatic carbocycles. The van der Waals surface area contributed by atoms with Crippen LogP contribution in [0, 0.1) is 0 Å². The molecule has 1 heterocycles. The van der Waals surface area contributed by atoms with Crippen LogP contribution in [0.5, 0.6) is 0 Å². The number of carboxylic acids is 1. The molecule has 5 nitrogen and oxygen atoms in total. The number of amides is 1. The highest BCUT2D eigenvalue weighted by Gasteiger charge is 2.24. The molecule has 0 atom stereocenters. The van der Waals surface area contributed by atoms with Gasteiger partial charge in [0.25, 0.3) is 0 Å². The van der Waals surface area contributed by atoms with Gasteiger partial charge in [-0.2, -0.15) is 0 Å². The van der Waals surface area contributed by atoms with Crippen LogP contribution in [0.25, 0.3) is 0 Å². The number of aliphatic carboxylic acids is 1. The fourth-order valence-corrected chi connectivity index (χ4v) is 3.29. The van der Waals surface area contributed by atoms with Gasteiger partial charge in [-0.05, 0) is 35.4 Å². The van der Waals surface area contributed by atoms with Gasteiger partial charge in [0, 0.05) is 13.1 Å². The van der Waals surface area contributed by atoms with Crippen LogP contribution in [0.3, 0.4) is 0 Å². The minimum Gasteiger partial charge on any atom is -0.481 e. The molecule has 0 aromatic heterocycles. The topological polar surface area (TPSA) is 66.8 Å². The van der Waals surface area contributed by atoms with Gasteiger partial charge in [0.15, 0.2) is 0 Å². The van der Waals surface area contributed by atoms with Crippen LogP contribution in [0.2, 0.25) is 0 Å². The molecule has 0 aliphatic carbocycles. The van der Waals surface area contributed by atoms with Crippen molar-refractivity contribution in [2.24, 2.45) is 0 Å². The molecule has 1 saturated heterocycles. The SMILES string of the molecule is O=C(O)Cc1ccc(C2CCN(C(=O)OCc3ccccc3)CC2)cc1. The van der Waals surface area contributed by atoms with Crippen molar-refractivity contribution in [3.8, 4) is 0 Å². The van der Waals surface area contributed by atoms with Crippen molar-refractivity contribution in [2.45, 2.75) is 31.8 Å². The van der Waals surface area contributed by atoms with Gasteiger partial charge in [-0.1, -0.05) is 54.6 Å². The number of hydrogen-bond donors (Lipinski definition) is 1. The van der Waals surface area contributed by atoms with E-state index in [1.54, 1.807) is 4.90 Å². The molecule has 1 aliphatic heterocycles. The summed E-state index contributed by atoms with van der Waals surface area (Å²) in [6.45, 7) is 1.65. The average molecular weight is 353 g/mol. The maximum atomic E-state index is 12.2. The standard InChI is InChI=1S/C21H23NO4/c23-20(24)14-16-6-8-18(9-7-16)19-10-12-22(13-11-19)21(25)26-15-17-4-2-1-3-5-17/h1-9,19H,10-15H2,(H,23,24). The van der Waals surface area contributed by atoms with E-state index in [0.717, 1.165) is 24.0 Å². The lowest BCUT2D eigenvalue weighted by molar-refractivity contribution is -0.136. The molecule has 0 bridgehead atoms. The van der Waals surface area contributed by atoms with E-state index in [4.69, 9.17) is 9.84 Å². The van der Waals surface area contributed by atoms with Crippen molar-refractivity contribution >= 4 is 12.1 Å². The zero-order chi connectivity index (χ0) is 18.4. The third-order valence-electron chi connectivity index (χ3n) is 4.76. The maximum absolute atomic E-state index is 12.2. The third kappa shape index (κ3) is 4.85. The van der Waals surface area contributed by atoms with Crippen LogP contribution in [0.1, 0.15) is 35.4 Å². The summed E-state index contributed by atoms with van der Waals surface area (Å²) in [6.07, 6.45) is 1.56. The van der Waals surface area contributed by atoms with Crippen LogP contribution in [-0.2, 0) is 22.6 Å². The highest BCUT2D eigenvalue weighted by atomic mass is 16.6. The average Bonchev–Trinajstić information content (AvgIpc) is 2.67. The van der Waals surface area contributed by atoms with Crippen molar-refractivity contribution in [1.82, 2.24) is 4.90 Å². The predicted molar refractivity (Wildman–Crippen MR) is 98.0 cm³/mol. The number of hydrogen-bond acceptors (Lipinski definition) is 3. The number of nitrogens with zero attached hydrogens (tertiary/aromatic N) is 1. The molecule has 0 spiro atoms. The molecule has 1 aliphatic rings. The Labute approximate surface area is 153 Å². The van der Waals surface area contributed by atoms with Gasteiger partial charge in [-0.25, -0.2) is 4.79 Å². The van der Waals surface area contributed by atoms with E-state index in [2.05, 4.69) is 0 Å². The molecule has 2 aromatic rings. The molecule has 0 unspecified atom stereocenters. The van der Waals surface area contributed by atoms with Crippen LogP contribution in [0.15, 0.2) is 54.6 Å². The number of carbonyl (C=O) groups excluding carboxylic acids is 1. The van der Waals surface area contributed by atoms with Gasteiger partial charge in [0.1, 0.15) is 6.61 Å². The van der Waals surface area contributed by atoms with E-state index >= 15 is 0 Å². The minimum atomic E-state index is -0.819. The molecule has 3 rings (SSSR count). The fraction of sp³-hybridized carbons (Fsp3) is 0.333. The summed E-state index contributed by atoms with van der Waals surface area (Å²) in [7, 11) is 0. The molecular formula is C21H23NO4. The summed E-state index contributed by atoms with van der Waals surface area (Å²) in [5.74, 6) is -0.424. The zero-order valence-electron chi connectivity index (χ0n) is 14.6. The Morgan fingerprint density at radius 2 is 1.62 bits per heavy atom. The summed E-state index contributed by atoms with van der Waals surface area (Å²) in [5.41, 5.74) is 3.00. The van der Waals surface area contributed by atoms with E-state index in [1.165, 1.54) is 5.56 Å². The summed E-state index contributed by atoms with van der Waals surface area (Å²) >= 11 is 0. The smallest absolute Gasteiger partial charge is 0.410 e. The Morgan fingerprint density at radius 3 is 2.23 bits per heavy atom. The number of piperidine rings is 1. The third-order valence-corrected chi connectivity index (χ3v) is 4.76. The highest BCUT2D eigenvalue weighted by molar-refractivity contribution is 5.70. The number of rotatable bonds is 5. The molecule has 1 fully saturated rings. The van der Waals surface area contributed by atoms with E-state index in [-0.39, 0.29) is 12.5 Å². The van der Waals surface area contributed by atoms with Crippen molar-refractivity contribution in [2.75, 3.05) is 13.1 Å². The fourth-order valence-electron chi connectivity index (χ4n) is 3.29. The molecule has 5 heteroatoms. The van der Waals surface area contributed by atoms with Gasteiger partial charge in [0.05, 0.1) is 6.42 Å². The van der Waals surface area contributed by atoms with Crippen molar-refractivity contribution in [3.63, 3.8) is 0 Å². The Balaban J connectivity index is 1.47. The normalized spacial score (nSPS) is 14.8. The van der Waals surface area contributed by atoms with E-state index in [0.29, 0.717) is 25.6 Å². The monoisotopic (exact) mass is 353 g/mol. The first-order valence-electron chi connectivity index (χ1n) is 8.88. The van der Waals surface area contributed by atoms with Gasteiger partial charge in [-0.3, -0.25) is 4.79 Å². The highest BCUT2D eigenvalue weighted by Crippen LogP contribution is 2.28. The number of carboxylic acid groups (broad SMARTS) is 1. The molecule has 1 amide bonds. The van der Waals surface area contributed by atoms with Gasteiger partial charge in [0.2, 0.25) is 0 Å². The largest absolute Gasteiger partial charge is 0.481 e. The van der Waals surface area contributed by atoms with Crippen LogP contribution in [-0.4, -0.2) is 35.2 Å². The van der Waals surface area contributed by atoms with Crippen molar-refractivity contribution in [3.05, 3.63) is 71.3 Å². The molecule has 1 N–H and O–H groups in total. The zero-order valence-corrected chi connectivity index (χ0v) is 14.6. The Morgan fingerprint density at radius 1 is 0.962 bits per heavy atom. The van der Waals surface area contributed by atoms with Crippen molar-refractivity contribution < 1.29 is 19.4 Å². The first-order valence-corrected chi connectivity index (χ1v) is 8.88. The molecule has 26 heavy (non-hydrogen) atoms. The summed E-state index contributed by atoms with van der Waals surface area (Å²) in [5, 5.41) is 8.83. The summed E-state index contributed by atoms with van der Waals surface area (Å²) in [6, 6.07) is 17.4. The van der Waals surface area contributed by atoms with E-state index in [9.17, 15) is 9.59 Å².